The number of ether oxygens (including phenoxy) is 1. The summed E-state index contributed by atoms with van der Waals surface area (Å²) in [5, 5.41) is 18.9. The quantitative estimate of drug-likeness (QED) is 0.594. The molecule has 0 aliphatic rings. The van der Waals surface area contributed by atoms with Crippen molar-refractivity contribution in [1.82, 2.24) is 4.57 Å². The molecule has 0 aliphatic carbocycles. The summed E-state index contributed by atoms with van der Waals surface area (Å²) in [4.78, 5) is 13.4. The van der Waals surface area contributed by atoms with Crippen LogP contribution in [0.5, 0.6) is 5.75 Å². The molecule has 0 saturated carbocycles. The normalized spacial score (nSPS) is 11.0. The summed E-state index contributed by atoms with van der Waals surface area (Å²) in [7, 11) is 1.56. The van der Waals surface area contributed by atoms with E-state index in [2.05, 4.69) is 15.9 Å². The fourth-order valence-electron chi connectivity index (χ4n) is 3.09. The van der Waals surface area contributed by atoms with Gasteiger partial charge in [0.1, 0.15) is 22.6 Å². The van der Waals surface area contributed by atoms with Gasteiger partial charge in [-0.25, -0.2) is 0 Å². The van der Waals surface area contributed by atoms with Gasteiger partial charge in [0.15, 0.2) is 5.57 Å². The molecule has 0 spiro atoms. The second-order valence-electron chi connectivity index (χ2n) is 6.28. The first-order valence-electron chi connectivity index (χ1n) is 8.59. The minimum absolute atomic E-state index is 0.101. The Balaban J connectivity index is 2.49. The fraction of sp³-hybridized carbons (Fsp3) is 0.136. The molecule has 0 fully saturated rings. The van der Waals surface area contributed by atoms with Crippen molar-refractivity contribution in [2.75, 3.05) is 7.11 Å². The van der Waals surface area contributed by atoms with Crippen LogP contribution in [0.3, 0.4) is 0 Å². The molecule has 7 heteroatoms. The van der Waals surface area contributed by atoms with Gasteiger partial charge in [0.2, 0.25) is 0 Å². The highest BCUT2D eigenvalue weighted by molar-refractivity contribution is 9.10. The van der Waals surface area contributed by atoms with E-state index in [4.69, 9.17) is 4.74 Å². The van der Waals surface area contributed by atoms with Crippen molar-refractivity contribution < 1.29 is 4.74 Å². The summed E-state index contributed by atoms with van der Waals surface area (Å²) in [6, 6.07) is 15.0. The molecular formula is C22H16BrN3O2S. The molecule has 0 unspecified atom stereocenters. The monoisotopic (exact) mass is 465 g/mol. The highest BCUT2D eigenvalue weighted by atomic mass is 79.9. The standard InChI is InChI=1S/C22H16BrN3O2S/c1-13-5-4-6-14(2)20(13)26-21(27)19(29-22(26)16(11-24)12-25)10-15-9-17(23)7-8-18(15)28-3/h4-10H,1-3H3/b19-10-. The lowest BCUT2D eigenvalue weighted by atomic mass is 10.1. The second kappa shape index (κ2) is 8.48. The minimum atomic E-state index is -0.285. The molecule has 0 N–H and O–H groups in total. The van der Waals surface area contributed by atoms with Crippen molar-refractivity contribution in [3.05, 3.63) is 77.1 Å². The molecule has 2 aromatic carbocycles. The van der Waals surface area contributed by atoms with E-state index < -0.39 is 0 Å². The van der Waals surface area contributed by atoms with Gasteiger partial charge in [0.05, 0.1) is 17.3 Å². The third kappa shape index (κ3) is 3.88. The van der Waals surface area contributed by atoms with Crippen LogP contribution in [0.4, 0.5) is 0 Å². The van der Waals surface area contributed by atoms with Crippen molar-refractivity contribution in [2.45, 2.75) is 13.8 Å². The number of aryl methyl sites for hydroxylation is 2. The maximum absolute atomic E-state index is 13.4. The number of hydrogen-bond donors (Lipinski definition) is 0. The average Bonchev–Trinajstić information content (AvgIpc) is 2.99. The first kappa shape index (κ1) is 20.6. The molecule has 0 aliphatic heterocycles. The molecule has 0 bridgehead atoms. The predicted molar refractivity (Wildman–Crippen MR) is 118 cm³/mol. The number of aromatic nitrogens is 1. The zero-order chi connectivity index (χ0) is 21.1. The van der Waals surface area contributed by atoms with Gasteiger partial charge < -0.3 is 4.74 Å². The molecule has 3 aromatic rings. The smallest absolute Gasteiger partial charge is 0.273 e. The lowest BCUT2D eigenvalue weighted by molar-refractivity contribution is 0.414. The number of thiazole rings is 1. The Morgan fingerprint density at radius 3 is 2.41 bits per heavy atom. The average molecular weight is 466 g/mol. The van der Waals surface area contributed by atoms with Crippen LogP contribution >= 0.6 is 27.3 Å². The number of nitriles is 2. The number of hydrogen-bond acceptors (Lipinski definition) is 5. The third-order valence-corrected chi connectivity index (χ3v) is 5.99. The Kier molecular flexibility index (Phi) is 6.03. The number of methoxy groups -OCH3 is 1. The van der Waals surface area contributed by atoms with Crippen LogP contribution in [-0.4, -0.2) is 11.7 Å². The minimum Gasteiger partial charge on any atom is -0.496 e. The van der Waals surface area contributed by atoms with Crippen LogP contribution < -0.4 is 19.5 Å². The lowest BCUT2D eigenvalue weighted by Crippen LogP contribution is -2.31. The molecular weight excluding hydrogens is 450 g/mol. The van der Waals surface area contributed by atoms with E-state index in [1.807, 2.05) is 56.3 Å². The van der Waals surface area contributed by atoms with Crippen molar-refractivity contribution in [3.8, 4) is 23.6 Å². The highest BCUT2D eigenvalue weighted by Gasteiger charge is 2.15. The van der Waals surface area contributed by atoms with Gasteiger partial charge in [-0.15, -0.1) is 11.3 Å². The molecule has 0 atom stereocenters. The Labute approximate surface area is 180 Å². The summed E-state index contributed by atoms with van der Waals surface area (Å²) in [6.07, 6.45) is 1.72. The summed E-state index contributed by atoms with van der Waals surface area (Å²) < 4.78 is 8.43. The van der Waals surface area contributed by atoms with Crippen LogP contribution in [0.25, 0.3) is 17.3 Å². The van der Waals surface area contributed by atoms with Crippen LogP contribution in [0.2, 0.25) is 0 Å². The summed E-state index contributed by atoms with van der Waals surface area (Å²) in [5.41, 5.74) is 2.78. The van der Waals surface area contributed by atoms with Gasteiger partial charge in [0.25, 0.3) is 5.56 Å². The summed E-state index contributed by atoms with van der Waals surface area (Å²) >= 11 is 4.55. The maximum Gasteiger partial charge on any atom is 0.273 e. The summed E-state index contributed by atoms with van der Waals surface area (Å²) in [6.45, 7) is 3.80. The van der Waals surface area contributed by atoms with E-state index in [0.717, 1.165) is 32.5 Å². The van der Waals surface area contributed by atoms with E-state index >= 15 is 0 Å². The number of rotatable bonds is 3. The van der Waals surface area contributed by atoms with Crippen molar-refractivity contribution in [3.63, 3.8) is 0 Å². The van der Waals surface area contributed by atoms with Gasteiger partial charge in [0, 0.05) is 10.0 Å². The van der Waals surface area contributed by atoms with Crippen molar-refractivity contribution in [2.24, 2.45) is 0 Å². The van der Waals surface area contributed by atoms with E-state index in [9.17, 15) is 15.3 Å². The van der Waals surface area contributed by atoms with Crippen LogP contribution in [-0.2, 0) is 0 Å². The van der Waals surface area contributed by atoms with Gasteiger partial charge >= 0.3 is 0 Å². The molecule has 1 aromatic heterocycles. The van der Waals surface area contributed by atoms with Gasteiger partial charge in [-0.05, 0) is 49.2 Å². The van der Waals surface area contributed by atoms with E-state index in [0.29, 0.717) is 20.6 Å². The largest absolute Gasteiger partial charge is 0.496 e. The number of benzene rings is 2. The van der Waals surface area contributed by atoms with E-state index in [1.54, 1.807) is 19.3 Å². The van der Waals surface area contributed by atoms with Crippen molar-refractivity contribution >= 4 is 38.9 Å². The van der Waals surface area contributed by atoms with Crippen LogP contribution in [0, 0.1) is 36.5 Å². The zero-order valence-electron chi connectivity index (χ0n) is 16.0. The zero-order valence-corrected chi connectivity index (χ0v) is 18.4. The number of halogens is 1. The lowest BCUT2D eigenvalue weighted by Gasteiger charge is -2.10. The summed E-state index contributed by atoms with van der Waals surface area (Å²) in [5.74, 6) is 0.617. The second-order valence-corrected chi connectivity index (χ2v) is 8.23. The molecule has 0 amide bonds. The first-order chi connectivity index (χ1) is 13.9. The molecule has 0 saturated heterocycles. The SMILES string of the molecule is COc1ccc(Br)cc1/C=c1\sc(=C(C#N)C#N)n(-c2c(C)cccc2C)c1=O. The van der Waals surface area contributed by atoms with Crippen molar-refractivity contribution in [1.29, 1.82) is 10.5 Å². The Morgan fingerprint density at radius 1 is 1.17 bits per heavy atom. The Bertz CT molecular complexity index is 1330. The Morgan fingerprint density at radius 2 is 1.83 bits per heavy atom. The molecule has 0 radical (unpaired) electrons. The van der Waals surface area contributed by atoms with Gasteiger partial charge in [-0.3, -0.25) is 9.36 Å². The fourth-order valence-corrected chi connectivity index (χ4v) is 4.50. The molecule has 5 nitrogen and oxygen atoms in total. The highest BCUT2D eigenvalue weighted by Crippen LogP contribution is 2.23. The molecule has 29 heavy (non-hydrogen) atoms. The Hall–Kier alpha value is -3.13. The third-order valence-electron chi connectivity index (χ3n) is 4.40. The van der Waals surface area contributed by atoms with Crippen LogP contribution in [0.1, 0.15) is 16.7 Å². The predicted octanol–water partition coefficient (Wildman–Crippen LogP) is 3.31. The van der Waals surface area contributed by atoms with E-state index in [1.165, 1.54) is 4.57 Å². The van der Waals surface area contributed by atoms with Gasteiger partial charge in [-0.2, -0.15) is 10.5 Å². The molecule has 144 valence electrons. The van der Waals surface area contributed by atoms with Crippen LogP contribution in [0.15, 0.2) is 45.7 Å². The van der Waals surface area contributed by atoms with E-state index in [-0.39, 0.29) is 11.1 Å². The molecule has 3 rings (SSSR count). The number of para-hydroxylation sites is 1. The molecule has 1 heterocycles. The topological polar surface area (TPSA) is 78.8 Å². The first-order valence-corrected chi connectivity index (χ1v) is 10.2. The maximum atomic E-state index is 13.4. The number of nitrogens with zero attached hydrogens (tertiary/aromatic N) is 3. The van der Waals surface area contributed by atoms with Gasteiger partial charge in [-0.1, -0.05) is 34.1 Å².